The zero-order valence-corrected chi connectivity index (χ0v) is 13.4. The number of aromatic nitrogens is 2. The van der Waals surface area contributed by atoms with Crippen molar-refractivity contribution in [2.75, 3.05) is 0 Å². The molecule has 0 amide bonds. The average Bonchev–Trinajstić information content (AvgIpc) is 3.09. The van der Waals surface area contributed by atoms with Crippen LogP contribution in [0.3, 0.4) is 0 Å². The normalized spacial score (nSPS) is 18.0. The summed E-state index contributed by atoms with van der Waals surface area (Å²) in [5.74, 6) is 0.904. The lowest BCUT2D eigenvalue weighted by molar-refractivity contribution is 0.344. The third-order valence-electron chi connectivity index (χ3n) is 4.33. The molecule has 0 saturated heterocycles. The fourth-order valence-corrected chi connectivity index (χ4v) is 3.02. The predicted octanol–water partition coefficient (Wildman–Crippen LogP) is 3.70. The van der Waals surface area contributed by atoms with Crippen molar-refractivity contribution in [2.24, 2.45) is 5.73 Å². The van der Waals surface area contributed by atoms with Crippen molar-refractivity contribution in [1.29, 1.82) is 0 Å². The van der Waals surface area contributed by atoms with Gasteiger partial charge in [-0.2, -0.15) is 4.98 Å². The summed E-state index contributed by atoms with van der Waals surface area (Å²) in [6.07, 6.45) is 4.52. The maximum Gasteiger partial charge on any atom is 0.227 e. The Morgan fingerprint density at radius 3 is 2.68 bits per heavy atom. The van der Waals surface area contributed by atoms with Gasteiger partial charge in [-0.25, -0.2) is 4.39 Å². The van der Waals surface area contributed by atoms with Gasteiger partial charge in [0.15, 0.2) is 5.82 Å². The molecule has 3 rings (SSSR count). The lowest BCUT2D eigenvalue weighted by Gasteiger charge is -2.17. The van der Waals surface area contributed by atoms with Crippen LogP contribution < -0.4 is 5.73 Å². The Bertz CT molecular complexity index is 625. The van der Waals surface area contributed by atoms with Gasteiger partial charge in [0.25, 0.3) is 0 Å². The van der Waals surface area contributed by atoms with Crippen molar-refractivity contribution in [3.63, 3.8) is 0 Å². The third kappa shape index (κ3) is 3.31. The van der Waals surface area contributed by atoms with E-state index in [1.165, 1.54) is 6.07 Å². The number of hydrogen-bond acceptors (Lipinski definition) is 4. The van der Waals surface area contributed by atoms with Crippen molar-refractivity contribution >= 4 is 12.4 Å². The summed E-state index contributed by atoms with van der Waals surface area (Å²) in [6.45, 7) is 1.95. The van der Waals surface area contributed by atoms with E-state index in [4.69, 9.17) is 10.3 Å². The summed E-state index contributed by atoms with van der Waals surface area (Å²) in [4.78, 5) is 4.43. The molecular formula is C16H21ClFN3O. The quantitative estimate of drug-likeness (QED) is 0.930. The summed E-state index contributed by atoms with van der Waals surface area (Å²) in [5, 5.41) is 4.03. The zero-order chi connectivity index (χ0) is 14.9. The molecule has 0 radical (unpaired) electrons. The highest BCUT2D eigenvalue weighted by molar-refractivity contribution is 5.85. The minimum atomic E-state index is -0.441. The lowest BCUT2D eigenvalue weighted by atomic mass is 9.97. The van der Waals surface area contributed by atoms with Crippen LogP contribution >= 0.6 is 12.4 Å². The number of halogens is 2. The molecule has 2 aromatic rings. The Morgan fingerprint density at radius 1 is 1.32 bits per heavy atom. The van der Waals surface area contributed by atoms with Crippen molar-refractivity contribution in [1.82, 2.24) is 10.1 Å². The summed E-state index contributed by atoms with van der Waals surface area (Å²) in [6, 6.07) is 6.79. The topological polar surface area (TPSA) is 64.9 Å². The van der Waals surface area contributed by atoms with Crippen molar-refractivity contribution in [2.45, 2.75) is 50.5 Å². The van der Waals surface area contributed by atoms with Crippen LogP contribution in [0.4, 0.5) is 4.39 Å². The fraction of sp³-hybridized carbons (Fsp3) is 0.500. The monoisotopic (exact) mass is 325 g/mol. The maximum atomic E-state index is 13.8. The number of benzene rings is 1. The standard InChI is InChI=1S/C16H20FN3O.ClH/c1-11(12-6-2-3-7-13(12)17)10-14-19-15(20-21-14)16(18)8-4-5-9-16;/h2-3,6-7,11H,4-5,8-10,18H2,1H3;1H. The average molecular weight is 326 g/mol. The fourth-order valence-electron chi connectivity index (χ4n) is 3.02. The SMILES string of the molecule is CC(Cc1nc(C2(N)CCCC2)no1)c1ccccc1F.Cl. The minimum Gasteiger partial charge on any atom is -0.339 e. The van der Waals surface area contributed by atoms with Crippen molar-refractivity contribution in [3.8, 4) is 0 Å². The van der Waals surface area contributed by atoms with Crippen LogP contribution in [0, 0.1) is 5.82 Å². The maximum absolute atomic E-state index is 13.8. The lowest BCUT2D eigenvalue weighted by Crippen LogP contribution is -2.34. The Balaban J connectivity index is 0.00000176. The molecule has 1 aliphatic carbocycles. The predicted molar refractivity (Wildman–Crippen MR) is 84.4 cm³/mol. The van der Waals surface area contributed by atoms with Gasteiger partial charge in [-0.3, -0.25) is 0 Å². The van der Waals surface area contributed by atoms with E-state index in [2.05, 4.69) is 10.1 Å². The van der Waals surface area contributed by atoms with Crippen molar-refractivity contribution < 1.29 is 8.91 Å². The van der Waals surface area contributed by atoms with Crippen molar-refractivity contribution in [3.05, 3.63) is 47.4 Å². The zero-order valence-electron chi connectivity index (χ0n) is 12.6. The van der Waals surface area contributed by atoms with E-state index in [1.807, 2.05) is 13.0 Å². The van der Waals surface area contributed by atoms with E-state index in [-0.39, 0.29) is 24.1 Å². The van der Waals surface area contributed by atoms with Gasteiger partial charge < -0.3 is 10.3 Å². The first kappa shape index (κ1) is 16.9. The third-order valence-corrected chi connectivity index (χ3v) is 4.33. The van der Waals surface area contributed by atoms with E-state index >= 15 is 0 Å². The molecule has 0 bridgehead atoms. The van der Waals surface area contributed by atoms with E-state index in [1.54, 1.807) is 12.1 Å². The minimum absolute atomic E-state index is 0. The van der Waals surface area contributed by atoms with Gasteiger partial charge in [0.05, 0.1) is 5.54 Å². The molecule has 6 heteroatoms. The molecular weight excluding hydrogens is 305 g/mol. The summed E-state index contributed by atoms with van der Waals surface area (Å²) in [7, 11) is 0. The molecule has 2 N–H and O–H groups in total. The highest BCUT2D eigenvalue weighted by Gasteiger charge is 2.36. The first-order chi connectivity index (χ1) is 10.1. The second-order valence-electron chi connectivity index (χ2n) is 6.00. The number of nitrogens with zero attached hydrogens (tertiary/aromatic N) is 2. The molecule has 1 saturated carbocycles. The van der Waals surface area contributed by atoms with Gasteiger partial charge in [0.1, 0.15) is 5.82 Å². The van der Waals surface area contributed by atoms with Crippen LogP contribution in [0.5, 0.6) is 0 Å². The molecule has 1 aliphatic rings. The molecule has 1 heterocycles. The molecule has 1 aromatic heterocycles. The smallest absolute Gasteiger partial charge is 0.227 e. The molecule has 1 fully saturated rings. The van der Waals surface area contributed by atoms with Gasteiger partial charge in [-0.05, 0) is 30.4 Å². The van der Waals surface area contributed by atoms with Crippen LogP contribution in [0.1, 0.15) is 55.8 Å². The second-order valence-corrected chi connectivity index (χ2v) is 6.00. The Kier molecular flexibility index (Phi) is 5.19. The molecule has 1 unspecified atom stereocenters. The molecule has 0 spiro atoms. The van der Waals surface area contributed by atoms with Crippen LogP contribution in [0.15, 0.2) is 28.8 Å². The number of nitrogens with two attached hydrogens (primary N) is 1. The van der Waals surface area contributed by atoms with E-state index < -0.39 is 5.54 Å². The van der Waals surface area contributed by atoms with E-state index in [9.17, 15) is 4.39 Å². The van der Waals surface area contributed by atoms with Crippen LogP contribution in [-0.2, 0) is 12.0 Å². The highest BCUT2D eigenvalue weighted by Crippen LogP contribution is 2.34. The molecule has 22 heavy (non-hydrogen) atoms. The Morgan fingerprint density at radius 2 is 2.00 bits per heavy atom. The van der Waals surface area contributed by atoms with Crippen LogP contribution in [0.25, 0.3) is 0 Å². The van der Waals surface area contributed by atoms with Crippen LogP contribution in [-0.4, -0.2) is 10.1 Å². The summed E-state index contributed by atoms with van der Waals surface area (Å²) >= 11 is 0. The highest BCUT2D eigenvalue weighted by atomic mass is 35.5. The van der Waals surface area contributed by atoms with Gasteiger partial charge in [0.2, 0.25) is 5.89 Å². The molecule has 1 aromatic carbocycles. The first-order valence-electron chi connectivity index (χ1n) is 7.45. The largest absolute Gasteiger partial charge is 0.339 e. The van der Waals surface area contributed by atoms with Gasteiger partial charge in [-0.15, -0.1) is 12.4 Å². The summed E-state index contributed by atoms with van der Waals surface area (Å²) in [5.41, 5.74) is 6.54. The van der Waals surface area contributed by atoms with E-state index in [0.29, 0.717) is 23.7 Å². The molecule has 120 valence electrons. The van der Waals surface area contributed by atoms with Gasteiger partial charge in [-0.1, -0.05) is 43.1 Å². The van der Waals surface area contributed by atoms with Gasteiger partial charge in [0, 0.05) is 6.42 Å². The first-order valence-corrected chi connectivity index (χ1v) is 7.45. The Labute approximate surface area is 135 Å². The number of hydrogen-bond donors (Lipinski definition) is 1. The van der Waals surface area contributed by atoms with Crippen LogP contribution in [0.2, 0.25) is 0 Å². The number of rotatable bonds is 4. The molecule has 4 nitrogen and oxygen atoms in total. The van der Waals surface area contributed by atoms with E-state index in [0.717, 1.165) is 25.7 Å². The Hall–Kier alpha value is -1.46. The van der Waals surface area contributed by atoms with Gasteiger partial charge >= 0.3 is 0 Å². The summed E-state index contributed by atoms with van der Waals surface area (Å²) < 4.78 is 19.1. The second kappa shape index (κ2) is 6.75. The molecule has 1 atom stereocenters. The molecule has 0 aliphatic heterocycles.